The Bertz CT molecular complexity index is 674. The lowest BCUT2D eigenvalue weighted by atomic mass is 10.2. The molecule has 1 N–H and O–H groups in total. The van der Waals surface area contributed by atoms with Crippen molar-refractivity contribution < 1.29 is 9.53 Å². The van der Waals surface area contributed by atoms with Crippen LogP contribution < -0.4 is 10.1 Å². The monoisotopic (exact) mass is 380 g/mol. The average Bonchev–Trinajstić information content (AvgIpc) is 3.07. The van der Waals surface area contributed by atoms with E-state index in [1.165, 1.54) is 4.88 Å². The Morgan fingerprint density at radius 3 is 2.80 bits per heavy atom. The van der Waals surface area contributed by atoms with Crippen LogP contribution in [0.2, 0.25) is 5.02 Å². The number of ether oxygens (including phenoxy) is 1. The third kappa shape index (κ3) is 6.34. The van der Waals surface area contributed by atoms with Crippen molar-refractivity contribution >= 4 is 28.8 Å². The molecule has 1 atom stereocenters. The van der Waals surface area contributed by atoms with Crippen LogP contribution in [-0.2, 0) is 4.79 Å². The summed E-state index contributed by atoms with van der Waals surface area (Å²) in [5.74, 6) is 0.870. The number of hydrogen-bond donors (Lipinski definition) is 1. The van der Waals surface area contributed by atoms with Gasteiger partial charge in [-0.1, -0.05) is 17.7 Å². The number of carbonyl (C=O) groups is 1. The number of thiophene rings is 1. The van der Waals surface area contributed by atoms with E-state index in [1.54, 1.807) is 11.3 Å². The van der Waals surface area contributed by atoms with Crippen molar-refractivity contribution in [3.8, 4) is 5.75 Å². The summed E-state index contributed by atoms with van der Waals surface area (Å²) in [6, 6.07) is 9.88. The first kappa shape index (κ1) is 19.8. The number of nitrogens with one attached hydrogen (secondary N) is 1. The lowest BCUT2D eigenvalue weighted by Crippen LogP contribution is -2.34. The second-order valence-corrected chi connectivity index (χ2v) is 7.58. The van der Waals surface area contributed by atoms with Crippen molar-refractivity contribution in [2.45, 2.75) is 25.8 Å². The SMILES string of the molecule is Cc1cc(Cl)ccc1OCCCC(=O)NC[C@H](c1cccs1)N(C)C. The molecule has 1 aromatic carbocycles. The van der Waals surface area contributed by atoms with Gasteiger partial charge in [0.25, 0.3) is 0 Å². The molecule has 6 heteroatoms. The molecule has 0 saturated heterocycles. The number of benzene rings is 1. The van der Waals surface area contributed by atoms with Crippen LogP contribution >= 0.6 is 22.9 Å². The number of aryl methyl sites for hydroxylation is 1. The molecule has 1 amide bonds. The van der Waals surface area contributed by atoms with Crippen LogP contribution in [0.5, 0.6) is 5.75 Å². The molecule has 0 aliphatic carbocycles. The molecule has 136 valence electrons. The standard InChI is InChI=1S/C19H25ClN2O2S/c1-14-12-15(20)8-9-17(14)24-10-4-7-19(23)21-13-16(22(2)3)18-6-5-11-25-18/h5-6,8-9,11-12,16H,4,7,10,13H2,1-3H3,(H,21,23)/t16-/m1/s1. The van der Waals surface area contributed by atoms with Gasteiger partial charge in [-0.05, 0) is 62.6 Å². The van der Waals surface area contributed by atoms with E-state index in [-0.39, 0.29) is 11.9 Å². The van der Waals surface area contributed by atoms with Gasteiger partial charge in [-0.15, -0.1) is 11.3 Å². The van der Waals surface area contributed by atoms with Crippen LogP contribution in [0.25, 0.3) is 0 Å². The van der Waals surface area contributed by atoms with E-state index in [0.29, 0.717) is 31.0 Å². The minimum Gasteiger partial charge on any atom is -0.493 e. The Labute approximate surface area is 158 Å². The zero-order valence-corrected chi connectivity index (χ0v) is 16.5. The van der Waals surface area contributed by atoms with Crippen LogP contribution in [0.15, 0.2) is 35.7 Å². The van der Waals surface area contributed by atoms with Crippen molar-refractivity contribution in [3.05, 3.63) is 51.2 Å². The molecule has 0 saturated carbocycles. The lowest BCUT2D eigenvalue weighted by molar-refractivity contribution is -0.121. The number of halogens is 1. The summed E-state index contributed by atoms with van der Waals surface area (Å²) in [4.78, 5) is 15.4. The number of carbonyl (C=O) groups excluding carboxylic acids is 1. The van der Waals surface area contributed by atoms with Gasteiger partial charge in [0.15, 0.2) is 0 Å². The summed E-state index contributed by atoms with van der Waals surface area (Å²) >= 11 is 7.64. The molecule has 4 nitrogen and oxygen atoms in total. The minimum absolute atomic E-state index is 0.0554. The number of likely N-dealkylation sites (N-methyl/N-ethyl adjacent to an activating group) is 1. The first-order chi connectivity index (χ1) is 12.0. The molecule has 0 aliphatic heterocycles. The maximum absolute atomic E-state index is 12.1. The first-order valence-corrected chi connectivity index (χ1v) is 9.58. The molecule has 0 fully saturated rings. The maximum Gasteiger partial charge on any atom is 0.220 e. The van der Waals surface area contributed by atoms with Gasteiger partial charge in [-0.3, -0.25) is 4.79 Å². The Hall–Kier alpha value is -1.56. The zero-order valence-electron chi connectivity index (χ0n) is 14.9. The van der Waals surface area contributed by atoms with Gasteiger partial charge in [-0.2, -0.15) is 0 Å². The van der Waals surface area contributed by atoms with Crippen molar-refractivity contribution in [1.29, 1.82) is 0 Å². The van der Waals surface area contributed by atoms with Gasteiger partial charge in [-0.25, -0.2) is 0 Å². The molecule has 25 heavy (non-hydrogen) atoms. The molecule has 1 aromatic heterocycles. The van der Waals surface area contributed by atoms with Gasteiger partial charge in [0, 0.05) is 22.9 Å². The van der Waals surface area contributed by atoms with Crippen LogP contribution in [-0.4, -0.2) is 38.1 Å². The number of nitrogens with zero attached hydrogens (tertiary/aromatic N) is 1. The third-order valence-electron chi connectivity index (χ3n) is 3.93. The molecule has 0 aliphatic rings. The quantitative estimate of drug-likeness (QED) is 0.660. The summed E-state index contributed by atoms with van der Waals surface area (Å²) < 4.78 is 5.72. The van der Waals surface area contributed by atoms with Gasteiger partial charge in [0.2, 0.25) is 5.91 Å². The number of hydrogen-bond acceptors (Lipinski definition) is 4. The van der Waals surface area contributed by atoms with Crippen LogP contribution in [0.4, 0.5) is 0 Å². The zero-order chi connectivity index (χ0) is 18.2. The van der Waals surface area contributed by atoms with Crippen molar-refractivity contribution in [3.63, 3.8) is 0 Å². The minimum atomic E-state index is 0.0554. The number of rotatable bonds is 9. The summed E-state index contributed by atoms with van der Waals surface area (Å²) in [7, 11) is 4.05. The van der Waals surface area contributed by atoms with Gasteiger partial charge >= 0.3 is 0 Å². The average molecular weight is 381 g/mol. The summed E-state index contributed by atoms with van der Waals surface area (Å²) in [5.41, 5.74) is 1.00. The predicted octanol–water partition coefficient (Wildman–Crippen LogP) is 4.29. The van der Waals surface area contributed by atoms with Crippen molar-refractivity contribution in [2.24, 2.45) is 0 Å². The summed E-state index contributed by atoms with van der Waals surface area (Å²) in [6.45, 7) is 3.08. The Kier molecular flexibility index (Phi) is 7.75. The van der Waals surface area contributed by atoms with Gasteiger partial charge in [0.05, 0.1) is 12.6 Å². The molecule has 1 heterocycles. The Morgan fingerprint density at radius 1 is 1.36 bits per heavy atom. The van der Waals surface area contributed by atoms with Crippen LogP contribution in [0.3, 0.4) is 0 Å². The van der Waals surface area contributed by atoms with Gasteiger partial charge in [0.1, 0.15) is 5.75 Å². The predicted molar refractivity (Wildman–Crippen MR) is 105 cm³/mol. The molecule has 0 radical (unpaired) electrons. The van der Waals surface area contributed by atoms with Crippen LogP contribution in [0, 0.1) is 6.92 Å². The Morgan fingerprint density at radius 2 is 2.16 bits per heavy atom. The van der Waals surface area contributed by atoms with E-state index in [1.807, 2.05) is 45.3 Å². The highest BCUT2D eigenvalue weighted by Crippen LogP contribution is 2.23. The molecular formula is C19H25ClN2O2S. The fourth-order valence-corrected chi connectivity index (χ4v) is 3.66. The van der Waals surface area contributed by atoms with Crippen molar-refractivity contribution in [2.75, 3.05) is 27.2 Å². The maximum atomic E-state index is 12.1. The normalized spacial score (nSPS) is 12.2. The highest BCUT2D eigenvalue weighted by Gasteiger charge is 2.16. The lowest BCUT2D eigenvalue weighted by Gasteiger charge is -2.23. The summed E-state index contributed by atoms with van der Waals surface area (Å²) in [6.07, 6.45) is 1.14. The van der Waals surface area contributed by atoms with E-state index >= 15 is 0 Å². The van der Waals surface area contributed by atoms with Crippen LogP contribution in [0.1, 0.15) is 29.3 Å². The van der Waals surface area contributed by atoms with E-state index in [9.17, 15) is 4.79 Å². The highest BCUT2D eigenvalue weighted by molar-refractivity contribution is 7.10. The van der Waals surface area contributed by atoms with E-state index in [4.69, 9.17) is 16.3 Å². The molecule has 2 aromatic rings. The van der Waals surface area contributed by atoms with Crippen molar-refractivity contribution in [1.82, 2.24) is 10.2 Å². The molecule has 0 bridgehead atoms. The van der Waals surface area contributed by atoms with E-state index < -0.39 is 0 Å². The second kappa shape index (κ2) is 9.80. The molecule has 0 unspecified atom stereocenters. The molecule has 0 spiro atoms. The van der Waals surface area contributed by atoms with Gasteiger partial charge < -0.3 is 15.0 Å². The smallest absolute Gasteiger partial charge is 0.220 e. The molecule has 2 rings (SSSR count). The highest BCUT2D eigenvalue weighted by atomic mass is 35.5. The fourth-order valence-electron chi connectivity index (χ4n) is 2.51. The van der Waals surface area contributed by atoms with E-state index in [0.717, 1.165) is 11.3 Å². The second-order valence-electron chi connectivity index (χ2n) is 6.16. The summed E-state index contributed by atoms with van der Waals surface area (Å²) in [5, 5.41) is 5.78. The number of amides is 1. The first-order valence-electron chi connectivity index (χ1n) is 8.33. The molecular weight excluding hydrogens is 356 g/mol. The topological polar surface area (TPSA) is 41.6 Å². The van der Waals surface area contributed by atoms with E-state index in [2.05, 4.69) is 21.7 Å². The Balaban J connectivity index is 1.70. The fraction of sp³-hybridized carbons (Fsp3) is 0.421. The third-order valence-corrected chi connectivity index (χ3v) is 5.14. The largest absolute Gasteiger partial charge is 0.493 e.